The number of aryl methyl sites for hydroxylation is 1. The minimum atomic E-state index is -0.0353. The predicted octanol–water partition coefficient (Wildman–Crippen LogP) is 1.18. The Morgan fingerprint density at radius 2 is 2.50 bits per heavy atom. The molecule has 1 aromatic heterocycles. The van der Waals surface area contributed by atoms with Gasteiger partial charge in [-0.2, -0.15) is 0 Å². The summed E-state index contributed by atoms with van der Waals surface area (Å²) in [6.07, 6.45) is 3.04. The zero-order valence-electron chi connectivity index (χ0n) is 9.45. The maximum absolute atomic E-state index is 11.4. The molecule has 1 atom stereocenters. The molecule has 0 aromatic carbocycles. The minimum absolute atomic E-state index is 0.0353. The Labute approximate surface area is 99.3 Å². The number of thioether (sulfide) groups is 1. The van der Waals surface area contributed by atoms with Gasteiger partial charge in [-0.3, -0.25) is 4.79 Å². The molecular weight excluding hydrogens is 222 g/mol. The number of hydrogen-bond donors (Lipinski definition) is 2. The fourth-order valence-electron chi connectivity index (χ4n) is 1.81. The third-order valence-electron chi connectivity index (χ3n) is 2.57. The van der Waals surface area contributed by atoms with Crippen molar-refractivity contribution in [2.24, 2.45) is 0 Å². The van der Waals surface area contributed by atoms with Gasteiger partial charge in [0.05, 0.1) is 0 Å². The van der Waals surface area contributed by atoms with Gasteiger partial charge < -0.3 is 10.3 Å². The number of hydrogen-bond acceptors (Lipinski definition) is 4. The molecule has 0 aliphatic carbocycles. The standard InChI is InChI=1S/C11H17N3OS/c1-2-3-8-6-10(15)14-11(13-8)16-9-4-5-12-7-9/h6,9,12H,2-5,7H2,1H3,(H,13,14,15). The number of H-pyrrole nitrogens is 1. The zero-order valence-corrected chi connectivity index (χ0v) is 10.3. The molecule has 1 unspecified atom stereocenters. The molecule has 1 saturated heterocycles. The number of nitrogens with zero attached hydrogens (tertiary/aromatic N) is 1. The van der Waals surface area contributed by atoms with Gasteiger partial charge in [-0.1, -0.05) is 25.1 Å². The van der Waals surface area contributed by atoms with E-state index in [2.05, 4.69) is 22.2 Å². The molecule has 2 N–H and O–H groups in total. The van der Waals surface area contributed by atoms with Gasteiger partial charge in [-0.25, -0.2) is 4.98 Å². The van der Waals surface area contributed by atoms with E-state index in [1.54, 1.807) is 17.8 Å². The number of aromatic nitrogens is 2. The monoisotopic (exact) mass is 239 g/mol. The highest BCUT2D eigenvalue weighted by Crippen LogP contribution is 2.23. The minimum Gasteiger partial charge on any atom is -0.316 e. The number of rotatable bonds is 4. The van der Waals surface area contributed by atoms with Gasteiger partial charge in [0, 0.05) is 23.6 Å². The van der Waals surface area contributed by atoms with Crippen molar-refractivity contribution in [1.29, 1.82) is 0 Å². The molecule has 88 valence electrons. The second-order valence-corrected chi connectivity index (χ2v) is 5.31. The van der Waals surface area contributed by atoms with Crippen LogP contribution in [0.3, 0.4) is 0 Å². The maximum atomic E-state index is 11.4. The van der Waals surface area contributed by atoms with E-state index < -0.39 is 0 Å². The Balaban J connectivity index is 2.10. The van der Waals surface area contributed by atoms with Gasteiger partial charge in [0.25, 0.3) is 5.56 Å². The first kappa shape index (κ1) is 11.7. The molecule has 0 radical (unpaired) electrons. The lowest BCUT2D eigenvalue weighted by atomic mass is 10.2. The summed E-state index contributed by atoms with van der Waals surface area (Å²) in [5.41, 5.74) is 0.867. The second-order valence-electron chi connectivity index (χ2n) is 4.02. The average molecular weight is 239 g/mol. The van der Waals surface area contributed by atoms with Crippen LogP contribution in [0.5, 0.6) is 0 Å². The molecule has 0 saturated carbocycles. The van der Waals surface area contributed by atoms with Gasteiger partial charge in [-0.15, -0.1) is 0 Å². The van der Waals surface area contributed by atoms with Gasteiger partial charge in [0.2, 0.25) is 0 Å². The molecule has 0 amide bonds. The molecule has 1 fully saturated rings. The van der Waals surface area contributed by atoms with Crippen molar-refractivity contribution in [1.82, 2.24) is 15.3 Å². The Kier molecular flexibility index (Phi) is 4.01. The van der Waals surface area contributed by atoms with Crippen LogP contribution < -0.4 is 10.9 Å². The number of nitrogens with one attached hydrogen (secondary N) is 2. The van der Waals surface area contributed by atoms with E-state index in [0.717, 1.165) is 43.2 Å². The highest BCUT2D eigenvalue weighted by Gasteiger charge is 2.16. The summed E-state index contributed by atoms with van der Waals surface area (Å²) in [5.74, 6) is 0. The van der Waals surface area contributed by atoms with E-state index in [-0.39, 0.29) is 5.56 Å². The van der Waals surface area contributed by atoms with Crippen LogP contribution in [-0.2, 0) is 6.42 Å². The van der Waals surface area contributed by atoms with Crippen molar-refractivity contribution in [2.45, 2.75) is 36.6 Å². The lowest BCUT2D eigenvalue weighted by Crippen LogP contribution is -2.14. The fraction of sp³-hybridized carbons (Fsp3) is 0.636. The smallest absolute Gasteiger partial charge is 0.251 e. The molecule has 2 heterocycles. The summed E-state index contributed by atoms with van der Waals surface area (Å²) in [7, 11) is 0. The van der Waals surface area contributed by atoms with Crippen LogP contribution in [0.25, 0.3) is 0 Å². The van der Waals surface area contributed by atoms with Gasteiger partial charge in [0.15, 0.2) is 5.16 Å². The first-order valence-electron chi connectivity index (χ1n) is 5.75. The molecule has 0 bridgehead atoms. The average Bonchev–Trinajstić information content (AvgIpc) is 2.70. The van der Waals surface area contributed by atoms with E-state index >= 15 is 0 Å². The summed E-state index contributed by atoms with van der Waals surface area (Å²) in [6, 6.07) is 1.60. The quantitative estimate of drug-likeness (QED) is 0.775. The van der Waals surface area contributed by atoms with Gasteiger partial charge >= 0.3 is 0 Å². The van der Waals surface area contributed by atoms with Crippen LogP contribution >= 0.6 is 11.8 Å². The van der Waals surface area contributed by atoms with E-state index in [0.29, 0.717) is 5.25 Å². The largest absolute Gasteiger partial charge is 0.316 e. The van der Waals surface area contributed by atoms with Crippen LogP contribution in [0.2, 0.25) is 0 Å². The first-order valence-corrected chi connectivity index (χ1v) is 6.63. The van der Waals surface area contributed by atoms with Gasteiger partial charge in [-0.05, 0) is 19.4 Å². The van der Waals surface area contributed by atoms with Crippen molar-refractivity contribution >= 4 is 11.8 Å². The Morgan fingerprint density at radius 3 is 3.19 bits per heavy atom. The second kappa shape index (κ2) is 5.50. The van der Waals surface area contributed by atoms with E-state index in [9.17, 15) is 4.79 Å². The van der Waals surface area contributed by atoms with Crippen molar-refractivity contribution in [3.8, 4) is 0 Å². The summed E-state index contributed by atoms with van der Waals surface area (Å²) in [5, 5.41) is 4.62. The van der Waals surface area contributed by atoms with Crippen LogP contribution in [0, 0.1) is 0 Å². The topological polar surface area (TPSA) is 57.8 Å². The highest BCUT2D eigenvalue weighted by molar-refractivity contribution is 7.99. The van der Waals surface area contributed by atoms with Crippen molar-refractivity contribution < 1.29 is 0 Å². The van der Waals surface area contributed by atoms with Crippen LogP contribution in [0.15, 0.2) is 16.0 Å². The van der Waals surface area contributed by atoms with E-state index in [1.165, 1.54) is 0 Å². The lowest BCUT2D eigenvalue weighted by molar-refractivity contribution is 0.810. The predicted molar refractivity (Wildman–Crippen MR) is 66.0 cm³/mol. The molecule has 1 aliphatic rings. The molecule has 5 heteroatoms. The summed E-state index contributed by atoms with van der Waals surface area (Å²) in [6.45, 7) is 4.17. The Bertz CT molecular complexity index is 398. The molecule has 16 heavy (non-hydrogen) atoms. The SMILES string of the molecule is CCCc1cc(=O)[nH]c(SC2CCNC2)n1. The highest BCUT2D eigenvalue weighted by atomic mass is 32.2. The van der Waals surface area contributed by atoms with Crippen LogP contribution in [-0.4, -0.2) is 28.3 Å². The van der Waals surface area contributed by atoms with Crippen molar-refractivity contribution in [3.05, 3.63) is 22.1 Å². The van der Waals surface area contributed by atoms with Crippen molar-refractivity contribution in [3.63, 3.8) is 0 Å². The van der Waals surface area contributed by atoms with Crippen LogP contribution in [0.4, 0.5) is 0 Å². The molecule has 4 nitrogen and oxygen atoms in total. The zero-order chi connectivity index (χ0) is 11.4. The summed E-state index contributed by atoms with van der Waals surface area (Å²) < 4.78 is 0. The van der Waals surface area contributed by atoms with E-state index in [4.69, 9.17) is 0 Å². The molecule has 0 spiro atoms. The summed E-state index contributed by atoms with van der Waals surface area (Å²) >= 11 is 1.68. The van der Waals surface area contributed by atoms with E-state index in [1.807, 2.05) is 0 Å². The molecular formula is C11H17N3OS. The molecule has 2 rings (SSSR count). The Hall–Kier alpha value is -0.810. The third kappa shape index (κ3) is 3.09. The molecule has 1 aromatic rings. The maximum Gasteiger partial charge on any atom is 0.251 e. The third-order valence-corrected chi connectivity index (χ3v) is 3.72. The van der Waals surface area contributed by atoms with Gasteiger partial charge in [0.1, 0.15) is 0 Å². The normalized spacial score (nSPS) is 20.2. The first-order chi connectivity index (χ1) is 7.78. The Morgan fingerprint density at radius 1 is 1.62 bits per heavy atom. The fourth-order valence-corrected chi connectivity index (χ4v) is 2.89. The lowest BCUT2D eigenvalue weighted by Gasteiger charge is -2.07. The summed E-state index contributed by atoms with van der Waals surface area (Å²) in [4.78, 5) is 18.7. The molecule has 1 aliphatic heterocycles. The van der Waals surface area contributed by atoms with Crippen LogP contribution in [0.1, 0.15) is 25.5 Å². The van der Waals surface area contributed by atoms with Crippen molar-refractivity contribution in [2.75, 3.05) is 13.1 Å². The number of aromatic amines is 1.